The zero-order chi connectivity index (χ0) is 20.2. The molecule has 154 valence electrons. The number of carbonyl (C=O) groups excluding carboxylic acids is 2. The third-order valence-electron chi connectivity index (χ3n) is 5.18. The van der Waals surface area contributed by atoms with Gasteiger partial charge in [0.15, 0.2) is 0 Å². The molecule has 2 N–H and O–H groups in total. The van der Waals surface area contributed by atoms with Gasteiger partial charge in [0, 0.05) is 19.6 Å². The van der Waals surface area contributed by atoms with E-state index >= 15 is 0 Å². The highest BCUT2D eigenvalue weighted by Gasteiger charge is 2.45. The van der Waals surface area contributed by atoms with Crippen molar-refractivity contribution in [2.75, 3.05) is 13.2 Å². The number of nitrogens with one attached hydrogen (secondary N) is 1. The second-order valence-corrected chi connectivity index (χ2v) is 8.41. The van der Waals surface area contributed by atoms with Gasteiger partial charge in [0.05, 0.1) is 6.10 Å². The minimum Gasteiger partial charge on any atom is -0.480 e. The summed E-state index contributed by atoms with van der Waals surface area (Å²) in [6, 6.07) is -1.83. The minimum atomic E-state index is -1.06. The Morgan fingerprint density at radius 3 is 2.33 bits per heavy atom. The van der Waals surface area contributed by atoms with Gasteiger partial charge in [-0.25, -0.2) is 9.59 Å². The fourth-order valence-electron chi connectivity index (χ4n) is 3.76. The molecule has 0 radical (unpaired) electrons. The first-order valence-electron chi connectivity index (χ1n) is 9.75. The third kappa shape index (κ3) is 5.57. The van der Waals surface area contributed by atoms with Gasteiger partial charge in [0.1, 0.15) is 18.2 Å². The van der Waals surface area contributed by atoms with Crippen LogP contribution in [0.4, 0.5) is 4.79 Å². The first-order valence-corrected chi connectivity index (χ1v) is 9.75. The maximum absolute atomic E-state index is 13.2. The van der Waals surface area contributed by atoms with Gasteiger partial charge in [-0.2, -0.15) is 0 Å². The second kappa shape index (κ2) is 8.91. The van der Waals surface area contributed by atoms with Crippen LogP contribution in [0.1, 0.15) is 59.8 Å². The van der Waals surface area contributed by atoms with Gasteiger partial charge in [-0.3, -0.25) is 4.79 Å². The number of hydrogen-bond donors (Lipinski definition) is 2. The molecule has 2 rings (SSSR count). The second-order valence-electron chi connectivity index (χ2n) is 8.41. The molecular weight excluding hydrogens is 352 g/mol. The van der Waals surface area contributed by atoms with Crippen LogP contribution in [0.2, 0.25) is 0 Å². The lowest BCUT2D eigenvalue weighted by Crippen LogP contribution is -2.57. The van der Waals surface area contributed by atoms with E-state index < -0.39 is 35.5 Å². The van der Waals surface area contributed by atoms with Crippen LogP contribution in [-0.4, -0.2) is 65.4 Å². The fourth-order valence-corrected chi connectivity index (χ4v) is 3.76. The summed E-state index contributed by atoms with van der Waals surface area (Å²) in [6.07, 6.45) is 2.95. The molecular formula is C19H32N2O6. The van der Waals surface area contributed by atoms with Crippen molar-refractivity contribution in [2.24, 2.45) is 5.41 Å². The Morgan fingerprint density at radius 2 is 1.81 bits per heavy atom. The van der Waals surface area contributed by atoms with Crippen LogP contribution in [0.25, 0.3) is 0 Å². The number of nitrogens with zero attached hydrogens (tertiary/aromatic N) is 1. The van der Waals surface area contributed by atoms with Crippen molar-refractivity contribution in [3.8, 4) is 0 Å². The van der Waals surface area contributed by atoms with E-state index in [2.05, 4.69) is 5.32 Å². The summed E-state index contributed by atoms with van der Waals surface area (Å²) in [4.78, 5) is 38.4. The van der Waals surface area contributed by atoms with Crippen molar-refractivity contribution in [1.29, 1.82) is 0 Å². The number of alkyl carbamates (subject to hydrolysis) is 1. The van der Waals surface area contributed by atoms with Crippen molar-refractivity contribution < 1.29 is 29.0 Å². The average molecular weight is 384 g/mol. The Bertz CT molecular complexity index is 553. The highest BCUT2D eigenvalue weighted by Crippen LogP contribution is 2.28. The number of rotatable bonds is 6. The van der Waals surface area contributed by atoms with Gasteiger partial charge in [0.2, 0.25) is 5.91 Å². The number of hydrogen-bond acceptors (Lipinski definition) is 5. The summed E-state index contributed by atoms with van der Waals surface area (Å²) in [7, 11) is 0. The molecule has 1 saturated heterocycles. The summed E-state index contributed by atoms with van der Waals surface area (Å²) >= 11 is 0. The minimum absolute atomic E-state index is 0.110. The van der Waals surface area contributed by atoms with Gasteiger partial charge >= 0.3 is 12.1 Å². The van der Waals surface area contributed by atoms with Crippen molar-refractivity contribution in [3.05, 3.63) is 0 Å². The lowest BCUT2D eigenvalue weighted by Gasteiger charge is -2.34. The molecule has 1 aliphatic heterocycles. The summed E-state index contributed by atoms with van der Waals surface area (Å²) in [5.41, 5.74) is -0.599. The highest BCUT2D eigenvalue weighted by molar-refractivity contribution is 5.90. The number of likely N-dealkylation sites (tertiary alicyclic amines) is 1. The van der Waals surface area contributed by atoms with Gasteiger partial charge in [-0.05, 0) is 38.0 Å². The largest absolute Gasteiger partial charge is 0.480 e. The molecule has 8 nitrogen and oxygen atoms in total. The Hall–Kier alpha value is -1.83. The quantitative estimate of drug-likeness (QED) is 0.727. The number of carboxylic acid groups (broad SMARTS) is 1. The van der Waals surface area contributed by atoms with E-state index in [9.17, 15) is 19.5 Å². The van der Waals surface area contributed by atoms with Crippen LogP contribution in [0.5, 0.6) is 0 Å². The van der Waals surface area contributed by atoms with E-state index in [0.717, 1.165) is 25.7 Å². The summed E-state index contributed by atoms with van der Waals surface area (Å²) in [5.74, 6) is -1.48. The summed E-state index contributed by atoms with van der Waals surface area (Å²) in [6.45, 7) is 7.98. The topological polar surface area (TPSA) is 105 Å². The molecule has 0 spiro atoms. The molecule has 0 unspecified atom stereocenters. The van der Waals surface area contributed by atoms with E-state index in [0.29, 0.717) is 6.61 Å². The normalized spacial score (nSPS) is 24.7. The standard InChI is InChI=1S/C19H32N2O6/c1-5-26-13-10-14(17(23)24)21(11-13)16(22)15(19(2,3)4)20-18(25)27-12-8-6-7-9-12/h12-15H,5-11H2,1-4H3,(H,20,25)(H,23,24)/t13-,14+,15-/m1/s1. The van der Waals surface area contributed by atoms with Gasteiger partial charge in [0.25, 0.3) is 0 Å². The molecule has 0 aromatic rings. The zero-order valence-corrected chi connectivity index (χ0v) is 16.7. The molecule has 0 aromatic carbocycles. The molecule has 2 fully saturated rings. The van der Waals surface area contributed by atoms with Crippen molar-refractivity contribution in [1.82, 2.24) is 10.2 Å². The molecule has 1 heterocycles. The Morgan fingerprint density at radius 1 is 1.19 bits per heavy atom. The van der Waals surface area contributed by atoms with Crippen LogP contribution in [-0.2, 0) is 19.1 Å². The third-order valence-corrected chi connectivity index (χ3v) is 5.18. The average Bonchev–Trinajstić information content (AvgIpc) is 3.21. The van der Waals surface area contributed by atoms with Crippen LogP contribution >= 0.6 is 0 Å². The van der Waals surface area contributed by atoms with Crippen LogP contribution < -0.4 is 5.32 Å². The van der Waals surface area contributed by atoms with Gasteiger partial charge in [-0.15, -0.1) is 0 Å². The number of amides is 2. The number of carbonyl (C=O) groups is 3. The zero-order valence-electron chi connectivity index (χ0n) is 16.7. The summed E-state index contributed by atoms with van der Waals surface area (Å²) < 4.78 is 11.0. The molecule has 2 aliphatic rings. The van der Waals surface area contributed by atoms with Gasteiger partial charge < -0.3 is 24.8 Å². The van der Waals surface area contributed by atoms with Crippen molar-refractivity contribution >= 4 is 18.0 Å². The monoisotopic (exact) mass is 384 g/mol. The first kappa shape index (κ1) is 21.5. The van der Waals surface area contributed by atoms with Crippen LogP contribution in [0.15, 0.2) is 0 Å². The number of ether oxygens (including phenoxy) is 2. The van der Waals surface area contributed by atoms with E-state index in [1.54, 1.807) is 0 Å². The van der Waals surface area contributed by atoms with Crippen molar-refractivity contribution in [3.63, 3.8) is 0 Å². The van der Waals surface area contributed by atoms with E-state index in [4.69, 9.17) is 9.47 Å². The maximum atomic E-state index is 13.2. The molecule has 0 bridgehead atoms. The van der Waals surface area contributed by atoms with E-state index in [-0.39, 0.29) is 25.2 Å². The number of carboxylic acids is 1. The molecule has 27 heavy (non-hydrogen) atoms. The predicted octanol–water partition coefficient (Wildman–Crippen LogP) is 2.16. The Labute approximate surface area is 160 Å². The Balaban J connectivity index is 2.10. The van der Waals surface area contributed by atoms with Crippen LogP contribution in [0, 0.1) is 5.41 Å². The molecule has 1 saturated carbocycles. The highest BCUT2D eigenvalue weighted by atomic mass is 16.6. The number of aliphatic carboxylic acids is 1. The SMILES string of the molecule is CCO[C@@H]1C[C@@H](C(=O)O)N(C(=O)[C@@H](NC(=O)OC2CCCC2)C(C)(C)C)C1. The van der Waals surface area contributed by atoms with Crippen LogP contribution in [0.3, 0.4) is 0 Å². The Kier molecular flexibility index (Phi) is 7.08. The van der Waals surface area contributed by atoms with E-state index in [1.165, 1.54) is 4.90 Å². The molecule has 0 aromatic heterocycles. The van der Waals surface area contributed by atoms with E-state index in [1.807, 2.05) is 27.7 Å². The van der Waals surface area contributed by atoms with Gasteiger partial charge in [-0.1, -0.05) is 20.8 Å². The molecule has 8 heteroatoms. The van der Waals surface area contributed by atoms with Crippen molar-refractivity contribution in [2.45, 2.75) is 84.1 Å². The molecule has 2 amide bonds. The molecule has 1 aliphatic carbocycles. The smallest absolute Gasteiger partial charge is 0.408 e. The summed E-state index contributed by atoms with van der Waals surface area (Å²) in [5, 5.41) is 12.2. The lowest BCUT2D eigenvalue weighted by atomic mass is 9.85. The molecule has 3 atom stereocenters. The maximum Gasteiger partial charge on any atom is 0.408 e. The predicted molar refractivity (Wildman–Crippen MR) is 98.3 cm³/mol. The lowest BCUT2D eigenvalue weighted by molar-refractivity contribution is -0.150. The first-order chi connectivity index (χ1) is 12.6. The fraction of sp³-hybridized carbons (Fsp3) is 0.842.